The lowest BCUT2D eigenvalue weighted by atomic mass is 10.1. The average Bonchev–Trinajstić information content (AvgIpc) is 2.50. The highest BCUT2D eigenvalue weighted by atomic mass is 35.5. The maximum atomic E-state index is 12.0. The molecule has 0 saturated carbocycles. The summed E-state index contributed by atoms with van der Waals surface area (Å²) in [7, 11) is 0. The minimum absolute atomic E-state index is 0.153. The summed E-state index contributed by atoms with van der Waals surface area (Å²) >= 11 is 5.89. The van der Waals surface area contributed by atoms with E-state index in [1.165, 1.54) is 10.7 Å². The molecular formula is C17H14ClN3O. The molecule has 1 heterocycles. The third kappa shape index (κ3) is 3.18. The molecule has 0 radical (unpaired) electrons. The molecule has 3 aromatic rings. The second kappa shape index (κ2) is 6.03. The average molecular weight is 312 g/mol. The number of nitrogen functional groups attached to an aromatic ring is 1. The van der Waals surface area contributed by atoms with Crippen LogP contribution >= 0.6 is 11.6 Å². The molecule has 3 rings (SSSR count). The summed E-state index contributed by atoms with van der Waals surface area (Å²) in [5.41, 5.74) is 8.84. The van der Waals surface area contributed by atoms with Gasteiger partial charge in [0.25, 0.3) is 5.56 Å². The first-order chi connectivity index (χ1) is 10.6. The molecule has 110 valence electrons. The van der Waals surface area contributed by atoms with Crippen molar-refractivity contribution in [2.24, 2.45) is 0 Å². The monoisotopic (exact) mass is 311 g/mol. The van der Waals surface area contributed by atoms with Crippen LogP contribution in [-0.4, -0.2) is 9.78 Å². The normalized spacial score (nSPS) is 10.6. The molecule has 0 spiro atoms. The van der Waals surface area contributed by atoms with Crippen LogP contribution in [-0.2, 0) is 6.54 Å². The highest BCUT2D eigenvalue weighted by molar-refractivity contribution is 6.30. The fraction of sp³-hybridized carbons (Fsp3) is 0.0588. The quantitative estimate of drug-likeness (QED) is 0.756. The van der Waals surface area contributed by atoms with Crippen molar-refractivity contribution in [1.29, 1.82) is 0 Å². The summed E-state index contributed by atoms with van der Waals surface area (Å²) < 4.78 is 1.43. The molecule has 0 saturated heterocycles. The molecule has 0 unspecified atom stereocenters. The van der Waals surface area contributed by atoms with Crippen molar-refractivity contribution in [3.05, 3.63) is 81.6 Å². The molecule has 0 aliphatic heterocycles. The molecule has 0 aliphatic carbocycles. The number of halogens is 1. The molecule has 0 amide bonds. The Morgan fingerprint density at radius 1 is 1.05 bits per heavy atom. The van der Waals surface area contributed by atoms with Crippen LogP contribution in [0.2, 0.25) is 5.02 Å². The topological polar surface area (TPSA) is 60.9 Å². The van der Waals surface area contributed by atoms with E-state index >= 15 is 0 Å². The van der Waals surface area contributed by atoms with Gasteiger partial charge in [0.1, 0.15) is 0 Å². The molecule has 5 heteroatoms. The van der Waals surface area contributed by atoms with Gasteiger partial charge in [-0.25, -0.2) is 4.68 Å². The standard InChI is InChI=1S/C17H14ClN3O/c18-14-6-4-13(5-7-14)16-8-9-17(22)21(20-16)11-12-2-1-3-15(19)10-12/h1-10H,11,19H2. The molecule has 1 aromatic heterocycles. The van der Waals surface area contributed by atoms with Crippen molar-refractivity contribution >= 4 is 17.3 Å². The first-order valence-electron chi connectivity index (χ1n) is 6.80. The highest BCUT2D eigenvalue weighted by Crippen LogP contribution is 2.18. The summed E-state index contributed by atoms with van der Waals surface area (Å²) in [6, 6.07) is 18.0. The van der Waals surface area contributed by atoms with E-state index in [1.54, 1.807) is 18.2 Å². The van der Waals surface area contributed by atoms with Gasteiger partial charge in [-0.05, 0) is 35.9 Å². The number of aromatic nitrogens is 2. The third-order valence-electron chi connectivity index (χ3n) is 3.29. The lowest BCUT2D eigenvalue weighted by Gasteiger charge is -2.08. The van der Waals surface area contributed by atoms with Crippen molar-refractivity contribution in [3.63, 3.8) is 0 Å². The zero-order chi connectivity index (χ0) is 15.5. The van der Waals surface area contributed by atoms with Crippen LogP contribution in [0.5, 0.6) is 0 Å². The van der Waals surface area contributed by atoms with Crippen LogP contribution in [0.1, 0.15) is 5.56 Å². The van der Waals surface area contributed by atoms with E-state index in [2.05, 4.69) is 5.10 Å². The summed E-state index contributed by atoms with van der Waals surface area (Å²) in [5.74, 6) is 0. The molecule has 0 atom stereocenters. The lowest BCUT2D eigenvalue weighted by Crippen LogP contribution is -2.22. The zero-order valence-electron chi connectivity index (χ0n) is 11.7. The molecular weight excluding hydrogens is 298 g/mol. The fourth-order valence-corrected chi connectivity index (χ4v) is 2.33. The van der Waals surface area contributed by atoms with Gasteiger partial charge in [-0.1, -0.05) is 35.9 Å². The molecule has 22 heavy (non-hydrogen) atoms. The van der Waals surface area contributed by atoms with E-state index in [0.29, 0.717) is 17.3 Å². The SMILES string of the molecule is Nc1cccc(Cn2nc(-c3ccc(Cl)cc3)ccc2=O)c1. The van der Waals surface area contributed by atoms with Crippen LogP contribution in [0.25, 0.3) is 11.3 Å². The van der Waals surface area contributed by atoms with Gasteiger partial charge in [-0.2, -0.15) is 5.10 Å². The Bertz CT molecular complexity index is 856. The number of rotatable bonds is 3. The number of nitrogens with two attached hydrogens (primary N) is 1. The Hall–Kier alpha value is -2.59. The first kappa shape index (κ1) is 14.4. The Kier molecular flexibility index (Phi) is 3.94. The molecule has 4 nitrogen and oxygen atoms in total. The van der Waals surface area contributed by atoms with Crippen LogP contribution in [0.15, 0.2) is 65.5 Å². The van der Waals surface area contributed by atoms with E-state index in [0.717, 1.165) is 16.8 Å². The molecule has 0 aliphatic rings. The predicted molar refractivity (Wildman–Crippen MR) is 88.9 cm³/mol. The summed E-state index contributed by atoms with van der Waals surface area (Å²) in [4.78, 5) is 12.0. The van der Waals surface area contributed by atoms with Gasteiger partial charge in [0.15, 0.2) is 0 Å². The van der Waals surface area contributed by atoms with Crippen LogP contribution in [0.4, 0.5) is 5.69 Å². The summed E-state index contributed by atoms with van der Waals surface area (Å²) in [6.45, 7) is 0.380. The van der Waals surface area contributed by atoms with E-state index in [1.807, 2.05) is 36.4 Å². The van der Waals surface area contributed by atoms with Crippen molar-refractivity contribution in [1.82, 2.24) is 9.78 Å². The Morgan fingerprint density at radius 2 is 1.82 bits per heavy atom. The van der Waals surface area contributed by atoms with Crippen LogP contribution in [0.3, 0.4) is 0 Å². The van der Waals surface area contributed by atoms with Crippen LogP contribution < -0.4 is 11.3 Å². The Morgan fingerprint density at radius 3 is 2.55 bits per heavy atom. The number of anilines is 1. The highest BCUT2D eigenvalue weighted by Gasteiger charge is 2.05. The van der Waals surface area contributed by atoms with E-state index in [9.17, 15) is 4.79 Å². The largest absolute Gasteiger partial charge is 0.399 e. The van der Waals surface area contributed by atoms with Crippen molar-refractivity contribution in [2.75, 3.05) is 5.73 Å². The van der Waals surface area contributed by atoms with Gasteiger partial charge in [0.05, 0.1) is 12.2 Å². The van der Waals surface area contributed by atoms with Crippen LogP contribution in [0, 0.1) is 0 Å². The second-order valence-corrected chi connectivity index (χ2v) is 5.40. The maximum absolute atomic E-state index is 12.0. The van der Waals surface area contributed by atoms with Gasteiger partial charge in [0.2, 0.25) is 0 Å². The fourth-order valence-electron chi connectivity index (χ4n) is 2.20. The van der Waals surface area contributed by atoms with Crippen molar-refractivity contribution in [3.8, 4) is 11.3 Å². The van der Waals surface area contributed by atoms with E-state index in [4.69, 9.17) is 17.3 Å². The Balaban J connectivity index is 1.96. The number of hydrogen-bond acceptors (Lipinski definition) is 3. The number of nitrogens with zero attached hydrogens (tertiary/aromatic N) is 2. The number of hydrogen-bond donors (Lipinski definition) is 1. The van der Waals surface area contributed by atoms with Gasteiger partial charge in [0, 0.05) is 22.3 Å². The summed E-state index contributed by atoms with van der Waals surface area (Å²) in [5, 5.41) is 5.08. The van der Waals surface area contributed by atoms with Gasteiger partial charge in [-0.15, -0.1) is 0 Å². The number of benzene rings is 2. The molecule has 0 fully saturated rings. The lowest BCUT2D eigenvalue weighted by molar-refractivity contribution is 0.643. The second-order valence-electron chi connectivity index (χ2n) is 4.97. The molecule has 0 bridgehead atoms. The van der Waals surface area contributed by atoms with Gasteiger partial charge in [-0.3, -0.25) is 4.79 Å². The van der Waals surface area contributed by atoms with Crippen molar-refractivity contribution in [2.45, 2.75) is 6.54 Å². The maximum Gasteiger partial charge on any atom is 0.267 e. The minimum Gasteiger partial charge on any atom is -0.399 e. The first-order valence-corrected chi connectivity index (χ1v) is 7.18. The minimum atomic E-state index is -0.153. The molecule has 2 aromatic carbocycles. The third-order valence-corrected chi connectivity index (χ3v) is 3.54. The molecule has 2 N–H and O–H groups in total. The van der Waals surface area contributed by atoms with Gasteiger partial charge >= 0.3 is 0 Å². The summed E-state index contributed by atoms with van der Waals surface area (Å²) in [6.07, 6.45) is 0. The Labute approximate surface area is 132 Å². The van der Waals surface area contributed by atoms with E-state index < -0.39 is 0 Å². The zero-order valence-corrected chi connectivity index (χ0v) is 12.5. The van der Waals surface area contributed by atoms with E-state index in [-0.39, 0.29) is 5.56 Å². The van der Waals surface area contributed by atoms with Gasteiger partial charge < -0.3 is 5.73 Å². The predicted octanol–water partition coefficient (Wildman–Crippen LogP) is 3.19. The smallest absolute Gasteiger partial charge is 0.267 e. The van der Waals surface area contributed by atoms with Crippen molar-refractivity contribution < 1.29 is 0 Å².